The Balaban J connectivity index is 1.73. The van der Waals surface area contributed by atoms with Gasteiger partial charge >= 0.3 is 0 Å². The fraction of sp³-hybridized carbons (Fsp3) is 0.222. The molecule has 1 atom stereocenters. The van der Waals surface area contributed by atoms with Crippen LogP contribution in [0.3, 0.4) is 0 Å². The van der Waals surface area contributed by atoms with Gasteiger partial charge in [0.1, 0.15) is 17.4 Å². The molecule has 0 aliphatic heterocycles. The first-order chi connectivity index (χ1) is 11.9. The quantitative estimate of drug-likeness (QED) is 0.877. The molecule has 130 valence electrons. The van der Waals surface area contributed by atoms with Gasteiger partial charge in [-0.3, -0.25) is 9.59 Å². The Kier molecular flexibility index (Phi) is 4.72. The fourth-order valence-electron chi connectivity index (χ4n) is 2.87. The van der Waals surface area contributed by atoms with Gasteiger partial charge in [0.15, 0.2) is 12.4 Å². The standard InChI is InChI=1S/C18H14ClF2NO3/c1-9-6-14(23)18-15(5-4-12(21)17(9)18)25-8-16(24)22-13-7-10(19)2-3-11(13)20/h2-5,7,9H,6,8H2,1H3,(H,22,24)/t9-/m0/s1. The smallest absolute Gasteiger partial charge is 0.262 e. The van der Waals surface area contributed by atoms with Gasteiger partial charge in [0, 0.05) is 17.0 Å². The average molecular weight is 366 g/mol. The third kappa shape index (κ3) is 3.49. The Morgan fingerprint density at radius 1 is 1.28 bits per heavy atom. The molecule has 1 aliphatic carbocycles. The minimum absolute atomic E-state index is 0.0740. The topological polar surface area (TPSA) is 55.4 Å². The number of rotatable bonds is 4. The molecule has 25 heavy (non-hydrogen) atoms. The maximum atomic E-state index is 13.9. The summed E-state index contributed by atoms with van der Waals surface area (Å²) in [4.78, 5) is 24.0. The van der Waals surface area contributed by atoms with Crippen molar-refractivity contribution in [2.24, 2.45) is 0 Å². The Morgan fingerprint density at radius 3 is 2.76 bits per heavy atom. The first-order valence-electron chi connectivity index (χ1n) is 7.60. The van der Waals surface area contributed by atoms with Gasteiger partial charge in [-0.1, -0.05) is 18.5 Å². The summed E-state index contributed by atoms with van der Waals surface area (Å²) in [6.07, 6.45) is 0.201. The summed E-state index contributed by atoms with van der Waals surface area (Å²) in [6, 6.07) is 6.29. The lowest BCUT2D eigenvalue weighted by Gasteiger charge is -2.12. The van der Waals surface area contributed by atoms with E-state index in [2.05, 4.69) is 5.32 Å². The van der Waals surface area contributed by atoms with Gasteiger partial charge in [-0.2, -0.15) is 0 Å². The van der Waals surface area contributed by atoms with Crippen LogP contribution in [0.1, 0.15) is 35.2 Å². The van der Waals surface area contributed by atoms with Crippen molar-refractivity contribution in [1.29, 1.82) is 0 Å². The summed E-state index contributed by atoms with van der Waals surface area (Å²) in [5.74, 6) is -2.04. The SMILES string of the molecule is C[C@H]1CC(=O)c2c(OCC(=O)Nc3cc(Cl)ccc3F)ccc(F)c21. The van der Waals surface area contributed by atoms with E-state index < -0.39 is 24.1 Å². The molecular weight excluding hydrogens is 352 g/mol. The Hall–Kier alpha value is -2.47. The summed E-state index contributed by atoms with van der Waals surface area (Å²) in [6.45, 7) is 1.30. The van der Waals surface area contributed by atoms with Crippen molar-refractivity contribution < 1.29 is 23.1 Å². The average Bonchev–Trinajstić information content (AvgIpc) is 2.86. The molecule has 0 unspecified atom stereocenters. The highest BCUT2D eigenvalue weighted by atomic mass is 35.5. The molecule has 4 nitrogen and oxygen atoms in total. The zero-order chi connectivity index (χ0) is 18.1. The van der Waals surface area contributed by atoms with Crippen LogP contribution in [0.25, 0.3) is 0 Å². The van der Waals surface area contributed by atoms with Gasteiger partial charge in [-0.25, -0.2) is 8.78 Å². The number of ketones is 1. The zero-order valence-corrected chi connectivity index (χ0v) is 14.0. The minimum Gasteiger partial charge on any atom is -0.483 e. The van der Waals surface area contributed by atoms with Crippen LogP contribution in [0, 0.1) is 11.6 Å². The number of carbonyl (C=O) groups is 2. The third-order valence-corrected chi connectivity index (χ3v) is 4.21. The molecule has 0 saturated carbocycles. The predicted octanol–water partition coefficient (Wildman–Crippen LogP) is 4.33. The summed E-state index contributed by atoms with van der Waals surface area (Å²) >= 11 is 5.76. The molecule has 0 radical (unpaired) electrons. The number of amides is 1. The van der Waals surface area contributed by atoms with E-state index in [0.717, 1.165) is 6.07 Å². The van der Waals surface area contributed by atoms with Crippen molar-refractivity contribution in [3.8, 4) is 5.75 Å². The molecule has 1 aliphatic rings. The van der Waals surface area contributed by atoms with E-state index in [-0.39, 0.29) is 40.1 Å². The van der Waals surface area contributed by atoms with Crippen molar-refractivity contribution in [2.45, 2.75) is 19.3 Å². The summed E-state index contributed by atoms with van der Waals surface area (Å²) < 4.78 is 32.9. The van der Waals surface area contributed by atoms with Crippen LogP contribution < -0.4 is 10.1 Å². The first kappa shape index (κ1) is 17.4. The largest absolute Gasteiger partial charge is 0.483 e. The van der Waals surface area contributed by atoms with Crippen LogP contribution in [0.15, 0.2) is 30.3 Å². The predicted molar refractivity (Wildman–Crippen MR) is 89.3 cm³/mol. The van der Waals surface area contributed by atoms with E-state index in [4.69, 9.17) is 16.3 Å². The van der Waals surface area contributed by atoms with Gasteiger partial charge in [-0.05, 0) is 36.2 Å². The number of ether oxygens (including phenoxy) is 1. The van der Waals surface area contributed by atoms with Gasteiger partial charge < -0.3 is 10.1 Å². The second kappa shape index (κ2) is 6.80. The van der Waals surface area contributed by atoms with E-state index in [0.29, 0.717) is 5.56 Å². The molecule has 3 rings (SSSR count). The molecule has 0 bridgehead atoms. The van der Waals surface area contributed by atoms with E-state index in [1.54, 1.807) is 6.92 Å². The Bertz CT molecular complexity index is 870. The van der Waals surface area contributed by atoms with Crippen molar-refractivity contribution in [1.82, 2.24) is 0 Å². The Morgan fingerprint density at radius 2 is 2.00 bits per heavy atom. The number of halogens is 3. The van der Waals surface area contributed by atoms with Crippen LogP contribution in [-0.2, 0) is 4.79 Å². The van der Waals surface area contributed by atoms with E-state index in [1.165, 1.54) is 24.3 Å². The lowest BCUT2D eigenvalue weighted by molar-refractivity contribution is -0.118. The Labute approximate surface area is 147 Å². The van der Waals surface area contributed by atoms with Crippen LogP contribution in [0.5, 0.6) is 5.75 Å². The van der Waals surface area contributed by atoms with E-state index >= 15 is 0 Å². The van der Waals surface area contributed by atoms with Gasteiger partial charge in [0.05, 0.1) is 11.3 Å². The normalized spacial score (nSPS) is 15.8. The second-order valence-corrected chi connectivity index (χ2v) is 6.26. The van der Waals surface area contributed by atoms with Crippen LogP contribution in [-0.4, -0.2) is 18.3 Å². The lowest BCUT2D eigenvalue weighted by atomic mass is 10.0. The van der Waals surface area contributed by atoms with Crippen molar-refractivity contribution in [3.05, 3.63) is 58.1 Å². The molecule has 0 fully saturated rings. The number of Topliss-reactive ketones (excluding diaryl/α,β-unsaturated/α-hetero) is 1. The second-order valence-electron chi connectivity index (χ2n) is 5.82. The first-order valence-corrected chi connectivity index (χ1v) is 7.98. The maximum absolute atomic E-state index is 13.9. The minimum atomic E-state index is -0.635. The van der Waals surface area contributed by atoms with Crippen LogP contribution >= 0.6 is 11.6 Å². The molecule has 0 spiro atoms. The number of hydrogen-bond acceptors (Lipinski definition) is 3. The number of fused-ring (bicyclic) bond motifs is 1. The van der Waals surface area contributed by atoms with Crippen molar-refractivity contribution in [3.63, 3.8) is 0 Å². The molecule has 0 aromatic heterocycles. The number of benzene rings is 2. The number of anilines is 1. The van der Waals surface area contributed by atoms with E-state index in [1.807, 2.05) is 0 Å². The molecule has 2 aromatic rings. The van der Waals surface area contributed by atoms with Crippen LogP contribution in [0.2, 0.25) is 5.02 Å². The number of hydrogen-bond donors (Lipinski definition) is 1. The monoisotopic (exact) mass is 365 g/mol. The van der Waals surface area contributed by atoms with Gasteiger partial charge in [-0.15, -0.1) is 0 Å². The summed E-state index contributed by atoms with van der Waals surface area (Å²) in [5.41, 5.74) is 0.410. The number of carbonyl (C=O) groups excluding carboxylic acids is 2. The lowest BCUT2D eigenvalue weighted by Crippen LogP contribution is -2.21. The number of nitrogens with one attached hydrogen (secondary N) is 1. The fourth-order valence-corrected chi connectivity index (χ4v) is 3.04. The van der Waals surface area contributed by atoms with Gasteiger partial charge in [0.25, 0.3) is 5.91 Å². The van der Waals surface area contributed by atoms with Crippen molar-refractivity contribution >= 4 is 29.0 Å². The highest BCUT2D eigenvalue weighted by molar-refractivity contribution is 6.30. The maximum Gasteiger partial charge on any atom is 0.262 e. The molecule has 7 heteroatoms. The highest BCUT2D eigenvalue weighted by Crippen LogP contribution is 2.39. The molecule has 1 N–H and O–H groups in total. The summed E-state index contributed by atoms with van der Waals surface area (Å²) in [5, 5.41) is 2.61. The van der Waals surface area contributed by atoms with E-state index in [9.17, 15) is 18.4 Å². The molecule has 0 heterocycles. The zero-order valence-electron chi connectivity index (χ0n) is 13.2. The molecule has 2 aromatic carbocycles. The summed E-state index contributed by atoms with van der Waals surface area (Å²) in [7, 11) is 0. The molecular formula is C18H14ClF2NO3. The van der Waals surface area contributed by atoms with Gasteiger partial charge in [0.2, 0.25) is 0 Å². The van der Waals surface area contributed by atoms with Crippen LogP contribution in [0.4, 0.5) is 14.5 Å². The van der Waals surface area contributed by atoms with Crippen molar-refractivity contribution in [2.75, 3.05) is 11.9 Å². The highest BCUT2D eigenvalue weighted by Gasteiger charge is 2.32. The molecule has 0 saturated heterocycles. The third-order valence-electron chi connectivity index (χ3n) is 3.98. The molecule has 1 amide bonds.